The van der Waals surface area contributed by atoms with Gasteiger partial charge in [-0.3, -0.25) is 9.59 Å². The zero-order chi connectivity index (χ0) is 31.7. The quantitative estimate of drug-likeness (QED) is 0.109. The minimum Gasteiger partial charge on any atom is -0.339 e. The van der Waals surface area contributed by atoms with Gasteiger partial charge in [0.05, 0.1) is 23.4 Å². The first-order valence-electron chi connectivity index (χ1n) is 11.5. The zero-order valence-corrected chi connectivity index (χ0v) is 23.4. The number of pyridine rings is 1. The number of nitriles is 1. The number of rotatable bonds is 8. The Hall–Kier alpha value is -4.68. The molecule has 4 rings (SSSR count). The van der Waals surface area contributed by atoms with E-state index in [1.807, 2.05) is 22.6 Å². The Balaban J connectivity index is 1.78. The third-order valence-electron chi connectivity index (χ3n) is 5.61. The Labute approximate surface area is 249 Å². The molecule has 0 aliphatic heterocycles. The number of nitrogens with zero attached hydrogens (tertiary/aromatic N) is 7. The maximum absolute atomic E-state index is 14.2. The van der Waals surface area contributed by atoms with E-state index < -0.39 is 41.5 Å². The first-order chi connectivity index (χ1) is 20.1. The fraction of sp³-hybridized carbons (Fsp3) is 0.217. The average Bonchev–Trinajstić information content (AvgIpc) is 3.61. The molecule has 0 saturated carbocycles. The van der Waals surface area contributed by atoms with Gasteiger partial charge in [-0.1, -0.05) is 11.3 Å². The monoisotopic (exact) mass is 723 g/mol. The van der Waals surface area contributed by atoms with Gasteiger partial charge >= 0.3 is 29.7 Å². The number of carbonyl (C=O) groups excluding carboxylic acids is 2. The summed E-state index contributed by atoms with van der Waals surface area (Å²) in [5.74, 6) is -16.7. The molecule has 0 fully saturated rings. The van der Waals surface area contributed by atoms with E-state index in [-0.39, 0.29) is 34.1 Å². The van der Waals surface area contributed by atoms with Crippen molar-refractivity contribution in [1.82, 2.24) is 35.5 Å². The SMILES string of the molecule is Cc1cccnc1-n1nc(-[n+]2nc(C(F)(F)C(F)(F)C(F)(F)F)n[nH]2)cc1C(=O)Nc1ccc(I)cc1C(=O)NCC#N. The summed E-state index contributed by atoms with van der Waals surface area (Å²) in [4.78, 5) is 30.4. The third kappa shape index (κ3) is 5.97. The Kier molecular flexibility index (Phi) is 8.39. The molecule has 0 spiro atoms. The number of alkyl halides is 7. The maximum atomic E-state index is 14.2. The number of hydrogen-bond acceptors (Lipinski definition) is 7. The number of amides is 2. The van der Waals surface area contributed by atoms with Crippen LogP contribution in [-0.2, 0) is 5.92 Å². The van der Waals surface area contributed by atoms with Crippen LogP contribution in [0.4, 0.5) is 36.4 Å². The Morgan fingerprint density at radius 2 is 1.84 bits per heavy atom. The standard InChI is InChI=1S/C23H14F7IN10O2/c1-11-3-2-7-33-17(11)40-15(19(43)35-14-5-4-12(31)9-13(14)18(42)34-8-6-32)10-16(37-40)41-38-20(36-39-41)21(24,25)22(26,27)23(28,29)30/h2-5,7,9-10H,8H2,1H3,(H2,34,35,42,43)/p+1. The number of aryl methyl sites for hydroxylation is 1. The van der Waals surface area contributed by atoms with Crippen LogP contribution in [0.3, 0.4) is 0 Å². The van der Waals surface area contributed by atoms with Crippen LogP contribution in [0, 0.1) is 21.8 Å². The van der Waals surface area contributed by atoms with Crippen molar-refractivity contribution in [2.45, 2.75) is 24.9 Å². The molecule has 0 aliphatic rings. The molecule has 2 amide bonds. The number of benzene rings is 1. The summed E-state index contributed by atoms with van der Waals surface area (Å²) in [6.07, 6.45) is -5.28. The van der Waals surface area contributed by atoms with E-state index in [1.54, 1.807) is 36.4 Å². The number of halogens is 8. The normalized spacial score (nSPS) is 12.1. The zero-order valence-electron chi connectivity index (χ0n) is 21.2. The van der Waals surface area contributed by atoms with Crippen LogP contribution < -0.4 is 15.4 Å². The molecule has 0 bridgehead atoms. The van der Waals surface area contributed by atoms with Crippen molar-refractivity contribution in [3.8, 4) is 17.7 Å². The number of anilines is 1. The lowest BCUT2D eigenvalue weighted by Crippen LogP contribution is -2.51. The van der Waals surface area contributed by atoms with Crippen LogP contribution in [0.15, 0.2) is 42.6 Å². The molecule has 0 unspecified atom stereocenters. The van der Waals surface area contributed by atoms with Gasteiger partial charge in [0.15, 0.2) is 11.5 Å². The number of H-pyrrole nitrogens is 1. The van der Waals surface area contributed by atoms with Crippen molar-refractivity contribution in [3.05, 3.63) is 68.8 Å². The minimum absolute atomic E-state index is 0.00322. The second-order valence-electron chi connectivity index (χ2n) is 8.52. The highest BCUT2D eigenvalue weighted by atomic mass is 127. The molecule has 0 radical (unpaired) electrons. The van der Waals surface area contributed by atoms with Gasteiger partial charge in [-0.05, 0) is 74.3 Å². The number of hydrogen-bond donors (Lipinski definition) is 3. The van der Waals surface area contributed by atoms with Crippen molar-refractivity contribution >= 4 is 40.1 Å². The van der Waals surface area contributed by atoms with Crippen molar-refractivity contribution in [2.24, 2.45) is 0 Å². The number of tetrazole rings is 1. The van der Waals surface area contributed by atoms with Gasteiger partial charge in [0.2, 0.25) is 0 Å². The summed E-state index contributed by atoms with van der Waals surface area (Å²) in [5.41, 5.74) is 0.0858. The van der Waals surface area contributed by atoms with Crippen LogP contribution in [0.5, 0.6) is 0 Å². The molecule has 20 heteroatoms. The van der Waals surface area contributed by atoms with Gasteiger partial charge in [0.25, 0.3) is 11.8 Å². The van der Waals surface area contributed by atoms with Gasteiger partial charge < -0.3 is 10.6 Å². The molecule has 3 aromatic heterocycles. The topological polar surface area (TPSA) is 158 Å². The fourth-order valence-corrected chi connectivity index (χ4v) is 3.99. The number of aromatic nitrogens is 7. The third-order valence-corrected chi connectivity index (χ3v) is 6.28. The average molecular weight is 723 g/mol. The van der Waals surface area contributed by atoms with E-state index in [9.17, 15) is 40.3 Å². The highest BCUT2D eigenvalue weighted by Gasteiger charge is 2.76. The summed E-state index contributed by atoms with van der Waals surface area (Å²) in [5, 5.41) is 25.3. The van der Waals surface area contributed by atoms with Gasteiger partial charge in [0, 0.05) is 14.9 Å². The smallest absolute Gasteiger partial charge is 0.339 e. The molecule has 12 nitrogen and oxygen atoms in total. The molecule has 224 valence electrons. The lowest BCUT2D eigenvalue weighted by atomic mass is 10.1. The molecule has 0 atom stereocenters. The molecular weight excluding hydrogens is 708 g/mol. The van der Waals surface area contributed by atoms with E-state index in [2.05, 4.69) is 30.9 Å². The van der Waals surface area contributed by atoms with Crippen LogP contribution >= 0.6 is 22.6 Å². The van der Waals surface area contributed by atoms with Crippen LogP contribution in [0.25, 0.3) is 11.6 Å². The first-order valence-corrected chi connectivity index (χ1v) is 12.6. The van der Waals surface area contributed by atoms with Gasteiger partial charge in [-0.25, -0.2) is 4.98 Å². The molecular formula is C23H15F7IN10O2+. The second-order valence-corrected chi connectivity index (χ2v) is 9.77. The van der Waals surface area contributed by atoms with Crippen LogP contribution in [0.2, 0.25) is 0 Å². The number of nitrogens with one attached hydrogen (secondary N) is 3. The summed E-state index contributed by atoms with van der Waals surface area (Å²) in [7, 11) is 0. The van der Waals surface area contributed by atoms with E-state index in [4.69, 9.17) is 5.26 Å². The van der Waals surface area contributed by atoms with Crippen molar-refractivity contribution in [2.75, 3.05) is 11.9 Å². The fourth-order valence-electron chi connectivity index (χ4n) is 3.50. The molecule has 0 aliphatic carbocycles. The molecule has 3 heterocycles. The summed E-state index contributed by atoms with van der Waals surface area (Å²) in [6.45, 7) is 1.26. The predicted octanol–water partition coefficient (Wildman–Crippen LogP) is 3.37. The van der Waals surface area contributed by atoms with Crippen LogP contribution in [-0.4, -0.2) is 60.6 Å². The Bertz CT molecular complexity index is 1750. The molecule has 0 saturated heterocycles. The van der Waals surface area contributed by atoms with Gasteiger partial charge in [-0.15, -0.1) is 4.68 Å². The van der Waals surface area contributed by atoms with Crippen molar-refractivity contribution in [1.29, 1.82) is 5.26 Å². The summed E-state index contributed by atoms with van der Waals surface area (Å²) < 4.78 is 94.9. The number of carbonyl (C=O) groups is 2. The van der Waals surface area contributed by atoms with Gasteiger partial charge in [-0.2, -0.15) is 36.0 Å². The van der Waals surface area contributed by atoms with E-state index in [1.165, 1.54) is 18.3 Å². The number of aromatic amines is 1. The highest BCUT2D eigenvalue weighted by Crippen LogP contribution is 2.50. The van der Waals surface area contributed by atoms with Crippen LogP contribution in [0.1, 0.15) is 32.2 Å². The molecule has 43 heavy (non-hydrogen) atoms. The minimum atomic E-state index is -6.62. The Morgan fingerprint density at radius 1 is 1.12 bits per heavy atom. The maximum Gasteiger partial charge on any atom is 0.460 e. The molecule has 1 aromatic carbocycles. The van der Waals surface area contributed by atoms with E-state index >= 15 is 0 Å². The van der Waals surface area contributed by atoms with Crippen molar-refractivity contribution in [3.63, 3.8) is 0 Å². The van der Waals surface area contributed by atoms with E-state index in [0.29, 0.717) is 9.13 Å². The first kappa shape index (κ1) is 31.3. The summed E-state index contributed by atoms with van der Waals surface area (Å²) in [6, 6.07) is 10.2. The lowest BCUT2D eigenvalue weighted by molar-refractivity contribution is -0.720. The largest absolute Gasteiger partial charge is 0.460 e. The molecule has 3 N–H and O–H groups in total. The van der Waals surface area contributed by atoms with Crippen molar-refractivity contribution < 1.29 is 45.1 Å². The Morgan fingerprint density at radius 3 is 2.49 bits per heavy atom. The summed E-state index contributed by atoms with van der Waals surface area (Å²) >= 11 is 1.92. The lowest BCUT2D eigenvalue weighted by Gasteiger charge is -2.24. The molecule has 4 aromatic rings. The van der Waals surface area contributed by atoms with Gasteiger partial charge in [0.1, 0.15) is 6.54 Å². The second kappa shape index (κ2) is 11.5. The highest BCUT2D eigenvalue weighted by molar-refractivity contribution is 14.1. The predicted molar refractivity (Wildman–Crippen MR) is 138 cm³/mol. The van der Waals surface area contributed by atoms with E-state index in [0.717, 1.165) is 10.7 Å².